The first-order chi connectivity index (χ1) is 9.54. The molecule has 1 fully saturated rings. The van der Waals surface area contributed by atoms with Gasteiger partial charge in [0.15, 0.2) is 0 Å². The smallest absolute Gasteiger partial charge is 0.226 e. The van der Waals surface area contributed by atoms with E-state index in [9.17, 15) is 4.79 Å². The number of benzene rings is 1. The molecule has 1 aromatic rings. The van der Waals surface area contributed by atoms with Crippen molar-refractivity contribution in [3.8, 4) is 0 Å². The Labute approximate surface area is 125 Å². The third-order valence-electron chi connectivity index (χ3n) is 4.22. The molecule has 5 unspecified atom stereocenters. The minimum absolute atomic E-state index is 0.0313. The molecule has 0 bridgehead atoms. The second-order valence-electron chi connectivity index (χ2n) is 5.56. The molecule has 5 atom stereocenters. The standard InChI is InChI=1S/C16H22ClNO2/c1-10-11(2)20-12(3)15(10)16(19)18-14(9-17)13-7-5-4-6-8-13/h4-8,10-12,14-15H,9H2,1-3H3,(H,18,19). The van der Waals surface area contributed by atoms with Crippen molar-refractivity contribution in [2.75, 3.05) is 5.88 Å². The maximum Gasteiger partial charge on any atom is 0.226 e. The molecule has 1 saturated heterocycles. The lowest BCUT2D eigenvalue weighted by atomic mass is 9.88. The van der Waals surface area contributed by atoms with E-state index in [1.165, 1.54) is 0 Å². The average molecular weight is 296 g/mol. The van der Waals surface area contributed by atoms with Crippen LogP contribution in [0.1, 0.15) is 32.4 Å². The van der Waals surface area contributed by atoms with Gasteiger partial charge in [-0.2, -0.15) is 0 Å². The molecule has 1 aromatic carbocycles. The predicted molar refractivity (Wildman–Crippen MR) is 80.7 cm³/mol. The monoisotopic (exact) mass is 295 g/mol. The van der Waals surface area contributed by atoms with Crippen LogP contribution in [0.15, 0.2) is 30.3 Å². The summed E-state index contributed by atoms with van der Waals surface area (Å²) in [6.45, 7) is 6.05. The minimum atomic E-state index is -0.152. The molecule has 1 aliphatic rings. The van der Waals surface area contributed by atoms with Crippen molar-refractivity contribution in [1.29, 1.82) is 0 Å². The first-order valence-electron chi connectivity index (χ1n) is 7.11. The zero-order valence-electron chi connectivity index (χ0n) is 12.2. The van der Waals surface area contributed by atoms with Gasteiger partial charge in [0.1, 0.15) is 0 Å². The molecule has 20 heavy (non-hydrogen) atoms. The molecule has 0 saturated carbocycles. The van der Waals surface area contributed by atoms with Gasteiger partial charge in [0, 0.05) is 5.88 Å². The molecule has 2 rings (SSSR count). The van der Waals surface area contributed by atoms with E-state index in [0.29, 0.717) is 5.88 Å². The van der Waals surface area contributed by atoms with Gasteiger partial charge < -0.3 is 10.1 Å². The molecule has 1 heterocycles. The van der Waals surface area contributed by atoms with E-state index in [0.717, 1.165) is 5.56 Å². The van der Waals surface area contributed by atoms with Crippen LogP contribution in [0.3, 0.4) is 0 Å². The Morgan fingerprint density at radius 1 is 1.25 bits per heavy atom. The SMILES string of the molecule is CC1OC(C)C(C(=O)NC(CCl)c2ccccc2)C1C. The van der Waals surface area contributed by atoms with Gasteiger partial charge in [0.2, 0.25) is 5.91 Å². The summed E-state index contributed by atoms with van der Waals surface area (Å²) in [7, 11) is 0. The van der Waals surface area contributed by atoms with Gasteiger partial charge >= 0.3 is 0 Å². The normalized spacial score (nSPS) is 31.0. The molecule has 1 aliphatic heterocycles. The first-order valence-corrected chi connectivity index (χ1v) is 7.64. The van der Waals surface area contributed by atoms with Crippen LogP contribution >= 0.6 is 11.6 Å². The van der Waals surface area contributed by atoms with E-state index in [4.69, 9.17) is 16.3 Å². The minimum Gasteiger partial charge on any atom is -0.374 e. The zero-order valence-corrected chi connectivity index (χ0v) is 12.9. The second-order valence-corrected chi connectivity index (χ2v) is 5.87. The lowest BCUT2D eigenvalue weighted by molar-refractivity contribution is -0.127. The zero-order chi connectivity index (χ0) is 14.7. The predicted octanol–water partition coefficient (Wildman–Crippen LogP) is 3.14. The van der Waals surface area contributed by atoms with Crippen molar-refractivity contribution in [3.63, 3.8) is 0 Å². The fourth-order valence-electron chi connectivity index (χ4n) is 2.88. The summed E-state index contributed by atoms with van der Waals surface area (Å²) in [5.41, 5.74) is 1.03. The van der Waals surface area contributed by atoms with Crippen molar-refractivity contribution in [2.24, 2.45) is 11.8 Å². The van der Waals surface area contributed by atoms with Crippen LogP contribution in [-0.2, 0) is 9.53 Å². The van der Waals surface area contributed by atoms with E-state index in [1.807, 2.05) is 44.2 Å². The molecule has 0 aromatic heterocycles. The lowest BCUT2D eigenvalue weighted by Crippen LogP contribution is -2.39. The van der Waals surface area contributed by atoms with Gasteiger partial charge in [-0.25, -0.2) is 0 Å². The van der Waals surface area contributed by atoms with Gasteiger partial charge in [-0.1, -0.05) is 37.3 Å². The largest absolute Gasteiger partial charge is 0.374 e. The van der Waals surface area contributed by atoms with Crippen LogP contribution in [0.2, 0.25) is 0 Å². The number of alkyl halides is 1. The molecule has 1 N–H and O–H groups in total. The summed E-state index contributed by atoms with van der Waals surface area (Å²) in [5.74, 6) is 0.502. The number of carbonyl (C=O) groups is 1. The van der Waals surface area contributed by atoms with Gasteiger partial charge in [0.05, 0.1) is 24.2 Å². The molecule has 1 amide bonds. The van der Waals surface area contributed by atoms with Crippen LogP contribution in [0.25, 0.3) is 0 Å². The van der Waals surface area contributed by atoms with Crippen LogP contribution < -0.4 is 5.32 Å². The van der Waals surface area contributed by atoms with E-state index in [-0.39, 0.29) is 36.0 Å². The van der Waals surface area contributed by atoms with Gasteiger partial charge in [-0.3, -0.25) is 4.79 Å². The summed E-state index contributed by atoms with van der Waals surface area (Å²) >= 11 is 6.01. The lowest BCUT2D eigenvalue weighted by Gasteiger charge is -2.22. The molecule has 110 valence electrons. The second kappa shape index (κ2) is 6.59. The molecule has 0 spiro atoms. The summed E-state index contributed by atoms with van der Waals surface area (Å²) in [6.07, 6.45) is 0.0682. The highest BCUT2D eigenvalue weighted by Crippen LogP contribution is 2.32. The number of hydrogen-bond acceptors (Lipinski definition) is 2. The molecular weight excluding hydrogens is 274 g/mol. The van der Waals surface area contributed by atoms with Crippen molar-refractivity contribution < 1.29 is 9.53 Å². The van der Waals surface area contributed by atoms with Crippen LogP contribution in [0.5, 0.6) is 0 Å². The van der Waals surface area contributed by atoms with E-state index in [2.05, 4.69) is 12.2 Å². The summed E-state index contributed by atoms with van der Waals surface area (Å²) in [4.78, 5) is 12.5. The fraction of sp³-hybridized carbons (Fsp3) is 0.562. The maximum absolute atomic E-state index is 12.5. The number of halogens is 1. The topological polar surface area (TPSA) is 38.3 Å². The number of amides is 1. The number of rotatable bonds is 4. The van der Waals surface area contributed by atoms with Crippen molar-refractivity contribution in [3.05, 3.63) is 35.9 Å². The number of ether oxygens (including phenoxy) is 1. The number of hydrogen-bond donors (Lipinski definition) is 1. The quantitative estimate of drug-likeness (QED) is 0.867. The maximum atomic E-state index is 12.5. The highest BCUT2D eigenvalue weighted by atomic mass is 35.5. The van der Waals surface area contributed by atoms with Gasteiger partial charge in [0.25, 0.3) is 0 Å². The molecule has 4 heteroatoms. The Hall–Kier alpha value is -1.06. The molecule has 3 nitrogen and oxygen atoms in total. The summed E-state index contributed by atoms with van der Waals surface area (Å²) < 4.78 is 5.73. The molecule has 0 aliphatic carbocycles. The van der Waals surface area contributed by atoms with Crippen molar-refractivity contribution in [1.82, 2.24) is 5.32 Å². The molecule has 0 radical (unpaired) electrons. The summed E-state index contributed by atoms with van der Waals surface area (Å²) in [5, 5.41) is 3.06. The van der Waals surface area contributed by atoms with Crippen LogP contribution in [0.4, 0.5) is 0 Å². The molecular formula is C16H22ClNO2. The van der Waals surface area contributed by atoms with Crippen LogP contribution in [0, 0.1) is 11.8 Å². The third kappa shape index (κ3) is 3.15. The Morgan fingerprint density at radius 3 is 2.40 bits per heavy atom. The Kier molecular flexibility index (Phi) is 5.06. The van der Waals surface area contributed by atoms with E-state index >= 15 is 0 Å². The average Bonchev–Trinajstić information content (AvgIpc) is 2.70. The van der Waals surface area contributed by atoms with Gasteiger partial charge in [-0.15, -0.1) is 11.6 Å². The van der Waals surface area contributed by atoms with Crippen molar-refractivity contribution >= 4 is 17.5 Å². The Bertz CT molecular complexity index is 451. The van der Waals surface area contributed by atoms with Gasteiger partial charge in [-0.05, 0) is 25.3 Å². The summed E-state index contributed by atoms with van der Waals surface area (Å²) in [6, 6.07) is 9.66. The Balaban J connectivity index is 2.07. The fourth-order valence-corrected chi connectivity index (χ4v) is 3.14. The number of carbonyl (C=O) groups excluding carboxylic acids is 1. The highest BCUT2D eigenvalue weighted by molar-refractivity contribution is 6.18. The number of nitrogens with one attached hydrogen (secondary N) is 1. The Morgan fingerprint density at radius 2 is 1.90 bits per heavy atom. The van der Waals surface area contributed by atoms with Crippen molar-refractivity contribution in [2.45, 2.75) is 39.0 Å². The third-order valence-corrected chi connectivity index (χ3v) is 4.53. The first kappa shape index (κ1) is 15.3. The van der Waals surface area contributed by atoms with Crippen LogP contribution in [-0.4, -0.2) is 24.0 Å². The highest BCUT2D eigenvalue weighted by Gasteiger charge is 2.41. The van der Waals surface area contributed by atoms with E-state index in [1.54, 1.807) is 0 Å². The van der Waals surface area contributed by atoms with E-state index < -0.39 is 0 Å².